The maximum Gasteiger partial charge on any atom is 0.359 e. The highest BCUT2D eigenvalue weighted by molar-refractivity contribution is 5.99. The standard InChI is InChI=1S/C29H30N2O3/c1-19-7-9-23(10-8-19)26(32)18-34-28(33)25-14-27(31(30-25)24-5-3-2-4-6-24)29-15-20-11-21(16-29)13-22(12-20)17-29/h2-10,14,20-22H,11-13,15-18H2,1H3. The van der Waals surface area contributed by atoms with Crippen molar-refractivity contribution in [3.63, 3.8) is 0 Å². The molecule has 4 aliphatic rings. The largest absolute Gasteiger partial charge is 0.453 e. The van der Waals surface area contributed by atoms with Gasteiger partial charge in [-0.3, -0.25) is 4.79 Å². The molecule has 4 saturated carbocycles. The number of esters is 1. The molecule has 5 nitrogen and oxygen atoms in total. The number of aryl methyl sites for hydroxylation is 1. The lowest BCUT2D eigenvalue weighted by molar-refractivity contribution is -0.00827. The van der Waals surface area contributed by atoms with Crippen LogP contribution in [0.4, 0.5) is 0 Å². The van der Waals surface area contributed by atoms with Gasteiger partial charge >= 0.3 is 5.97 Å². The highest BCUT2D eigenvalue weighted by Crippen LogP contribution is 2.60. The van der Waals surface area contributed by atoms with Crippen molar-refractivity contribution in [2.24, 2.45) is 17.8 Å². The van der Waals surface area contributed by atoms with Gasteiger partial charge in [0, 0.05) is 11.0 Å². The quantitative estimate of drug-likeness (QED) is 0.355. The van der Waals surface area contributed by atoms with E-state index in [0.29, 0.717) is 5.56 Å². The summed E-state index contributed by atoms with van der Waals surface area (Å²) in [6, 6.07) is 19.3. The van der Waals surface area contributed by atoms with Gasteiger partial charge in [0.1, 0.15) is 0 Å². The first kappa shape index (κ1) is 21.3. The molecular formula is C29H30N2O3. The van der Waals surface area contributed by atoms with Crippen LogP contribution in [-0.4, -0.2) is 28.1 Å². The Morgan fingerprint density at radius 3 is 2.18 bits per heavy atom. The molecule has 4 aliphatic carbocycles. The van der Waals surface area contributed by atoms with Crippen LogP contribution in [0.1, 0.15) is 70.6 Å². The van der Waals surface area contributed by atoms with Gasteiger partial charge in [-0.05, 0) is 81.4 Å². The number of rotatable bonds is 6. The Labute approximate surface area is 200 Å². The zero-order valence-corrected chi connectivity index (χ0v) is 19.6. The molecule has 0 amide bonds. The molecule has 34 heavy (non-hydrogen) atoms. The number of para-hydroxylation sites is 1. The van der Waals surface area contributed by atoms with Gasteiger partial charge in [0.25, 0.3) is 0 Å². The molecule has 3 aromatic rings. The molecule has 0 spiro atoms. The molecule has 2 aromatic carbocycles. The van der Waals surface area contributed by atoms with Gasteiger partial charge in [-0.25, -0.2) is 9.48 Å². The van der Waals surface area contributed by atoms with Crippen molar-refractivity contribution in [1.82, 2.24) is 9.78 Å². The summed E-state index contributed by atoms with van der Waals surface area (Å²) in [6.45, 7) is 1.69. The van der Waals surface area contributed by atoms with E-state index < -0.39 is 5.97 Å². The number of nitrogens with zero attached hydrogens (tertiary/aromatic N) is 2. The summed E-state index contributed by atoms with van der Waals surface area (Å²) in [6.07, 6.45) is 7.60. The number of ketones is 1. The molecule has 0 N–H and O–H groups in total. The fourth-order valence-electron chi connectivity index (χ4n) is 7.08. The number of benzene rings is 2. The van der Waals surface area contributed by atoms with Crippen LogP contribution < -0.4 is 0 Å². The molecule has 0 unspecified atom stereocenters. The van der Waals surface area contributed by atoms with Crippen LogP contribution in [0.3, 0.4) is 0 Å². The maximum atomic E-state index is 13.0. The van der Waals surface area contributed by atoms with Crippen molar-refractivity contribution in [2.45, 2.75) is 50.9 Å². The smallest absolute Gasteiger partial charge is 0.359 e. The number of carbonyl (C=O) groups excluding carboxylic acids is 2. The van der Waals surface area contributed by atoms with Crippen molar-refractivity contribution in [3.8, 4) is 5.69 Å². The second-order valence-corrected chi connectivity index (χ2v) is 10.7. The fourth-order valence-corrected chi connectivity index (χ4v) is 7.08. The maximum absolute atomic E-state index is 13.0. The Morgan fingerprint density at radius 2 is 1.56 bits per heavy atom. The molecule has 174 valence electrons. The summed E-state index contributed by atoms with van der Waals surface area (Å²) in [5.41, 5.74) is 4.08. The fraction of sp³-hybridized carbons (Fsp3) is 0.414. The lowest BCUT2D eigenvalue weighted by atomic mass is 9.49. The first-order valence-electron chi connectivity index (χ1n) is 12.4. The van der Waals surface area contributed by atoms with Gasteiger partial charge in [0.05, 0.1) is 11.4 Å². The van der Waals surface area contributed by atoms with Crippen molar-refractivity contribution in [1.29, 1.82) is 0 Å². The summed E-state index contributed by atoms with van der Waals surface area (Å²) in [4.78, 5) is 25.5. The predicted octanol–water partition coefficient (Wildman–Crippen LogP) is 5.69. The normalized spacial score (nSPS) is 27.0. The first-order chi connectivity index (χ1) is 16.5. The lowest BCUT2D eigenvalue weighted by Gasteiger charge is -2.56. The summed E-state index contributed by atoms with van der Waals surface area (Å²) >= 11 is 0. The van der Waals surface area contributed by atoms with Crippen molar-refractivity contribution >= 4 is 11.8 Å². The van der Waals surface area contributed by atoms with Gasteiger partial charge in [-0.2, -0.15) is 5.10 Å². The molecule has 1 heterocycles. The van der Waals surface area contributed by atoms with Crippen LogP contribution >= 0.6 is 0 Å². The Morgan fingerprint density at radius 1 is 0.941 bits per heavy atom. The molecule has 4 fully saturated rings. The average molecular weight is 455 g/mol. The third-order valence-electron chi connectivity index (χ3n) is 8.21. The van der Waals surface area contributed by atoms with E-state index in [9.17, 15) is 9.59 Å². The van der Waals surface area contributed by atoms with Gasteiger partial charge in [-0.1, -0.05) is 48.0 Å². The summed E-state index contributed by atoms with van der Waals surface area (Å²) in [5, 5.41) is 4.73. The molecule has 1 aromatic heterocycles. The molecule has 0 atom stereocenters. The number of ether oxygens (including phenoxy) is 1. The van der Waals surface area contributed by atoms with E-state index in [2.05, 4.69) is 0 Å². The topological polar surface area (TPSA) is 61.2 Å². The highest BCUT2D eigenvalue weighted by atomic mass is 16.5. The van der Waals surface area contributed by atoms with Crippen molar-refractivity contribution < 1.29 is 14.3 Å². The molecule has 5 heteroatoms. The minimum Gasteiger partial charge on any atom is -0.453 e. The van der Waals surface area contributed by atoms with E-state index in [-0.39, 0.29) is 23.5 Å². The molecular weight excluding hydrogens is 424 g/mol. The highest BCUT2D eigenvalue weighted by Gasteiger charge is 2.53. The summed E-state index contributed by atoms with van der Waals surface area (Å²) < 4.78 is 7.40. The Hall–Kier alpha value is -3.21. The molecule has 0 aliphatic heterocycles. The Kier molecular flexibility index (Phi) is 5.16. The van der Waals surface area contributed by atoms with E-state index in [0.717, 1.165) is 34.7 Å². The monoisotopic (exact) mass is 454 g/mol. The third-order valence-corrected chi connectivity index (χ3v) is 8.21. The van der Waals surface area contributed by atoms with Crippen molar-refractivity contribution in [3.05, 3.63) is 83.2 Å². The Balaban J connectivity index is 1.29. The molecule has 4 bridgehead atoms. The van der Waals surface area contributed by atoms with E-state index >= 15 is 0 Å². The van der Waals surface area contributed by atoms with Gasteiger partial charge in [0.2, 0.25) is 0 Å². The second-order valence-electron chi connectivity index (χ2n) is 10.7. The van der Waals surface area contributed by atoms with E-state index in [4.69, 9.17) is 9.84 Å². The molecule has 0 saturated heterocycles. The first-order valence-corrected chi connectivity index (χ1v) is 12.4. The predicted molar refractivity (Wildman–Crippen MR) is 129 cm³/mol. The van der Waals surface area contributed by atoms with Crippen LogP contribution in [0.2, 0.25) is 0 Å². The molecule has 0 radical (unpaired) electrons. The van der Waals surface area contributed by atoms with Crippen LogP contribution in [0.15, 0.2) is 60.7 Å². The number of hydrogen-bond acceptors (Lipinski definition) is 4. The van der Waals surface area contributed by atoms with Crippen LogP contribution in [0, 0.1) is 24.7 Å². The van der Waals surface area contributed by atoms with Crippen LogP contribution in [-0.2, 0) is 10.2 Å². The van der Waals surface area contributed by atoms with Crippen LogP contribution in [0.5, 0.6) is 0 Å². The number of carbonyl (C=O) groups is 2. The van der Waals surface area contributed by atoms with Crippen LogP contribution in [0.25, 0.3) is 5.69 Å². The lowest BCUT2D eigenvalue weighted by Crippen LogP contribution is -2.49. The second kappa shape index (κ2) is 8.23. The van der Waals surface area contributed by atoms with Crippen molar-refractivity contribution in [2.75, 3.05) is 6.61 Å². The van der Waals surface area contributed by atoms with E-state index in [1.807, 2.05) is 60.1 Å². The van der Waals surface area contributed by atoms with Gasteiger partial charge < -0.3 is 4.74 Å². The summed E-state index contributed by atoms with van der Waals surface area (Å²) in [7, 11) is 0. The van der Waals surface area contributed by atoms with E-state index in [1.54, 1.807) is 12.1 Å². The van der Waals surface area contributed by atoms with Gasteiger partial charge in [-0.15, -0.1) is 0 Å². The average Bonchev–Trinajstić information content (AvgIpc) is 3.29. The minimum absolute atomic E-state index is 0.0772. The number of Topliss-reactive ketones (excluding diaryl/α,β-unsaturated/α-hetero) is 1. The minimum atomic E-state index is -0.541. The number of aromatic nitrogens is 2. The number of hydrogen-bond donors (Lipinski definition) is 0. The SMILES string of the molecule is Cc1ccc(C(=O)COC(=O)c2cc(C34CC5CC(CC(C5)C3)C4)n(-c3ccccc3)n2)cc1. The molecule has 7 rings (SSSR count). The zero-order chi connectivity index (χ0) is 23.3. The zero-order valence-electron chi connectivity index (χ0n) is 19.6. The summed E-state index contributed by atoms with van der Waals surface area (Å²) in [5.74, 6) is 1.60. The van der Waals surface area contributed by atoms with Gasteiger partial charge in [0.15, 0.2) is 18.1 Å². The van der Waals surface area contributed by atoms with E-state index in [1.165, 1.54) is 38.5 Å². The third kappa shape index (κ3) is 3.77. The Bertz CT molecular complexity index is 1190.